The first-order valence-electron chi connectivity index (χ1n) is 6.85. The minimum absolute atomic E-state index is 0.498. The number of rotatable bonds is 7. The van der Waals surface area contributed by atoms with Crippen LogP contribution in [-0.4, -0.2) is 35.3 Å². The Morgan fingerprint density at radius 1 is 1.14 bits per heavy atom. The van der Waals surface area contributed by atoms with E-state index in [2.05, 4.69) is 20.3 Å². The summed E-state index contributed by atoms with van der Waals surface area (Å²) in [7, 11) is 1.64. The number of nitrogens with one attached hydrogen (secondary N) is 1. The van der Waals surface area contributed by atoms with E-state index in [4.69, 9.17) is 9.47 Å². The van der Waals surface area contributed by atoms with E-state index in [1.54, 1.807) is 31.0 Å². The summed E-state index contributed by atoms with van der Waals surface area (Å²) in [5.74, 6) is 1.44. The lowest BCUT2D eigenvalue weighted by atomic mass is 10.3. The van der Waals surface area contributed by atoms with Crippen LogP contribution in [0, 0.1) is 0 Å². The molecule has 22 heavy (non-hydrogen) atoms. The number of fused-ring (bicyclic) bond motifs is 1. The van der Waals surface area contributed by atoms with Gasteiger partial charge in [-0.2, -0.15) is 0 Å². The fraction of sp³-hybridized carbons (Fsp3) is 0.267. The lowest BCUT2D eigenvalue weighted by molar-refractivity contribution is 0.143. The van der Waals surface area contributed by atoms with Gasteiger partial charge in [-0.05, 0) is 17.0 Å². The Labute approximate surface area is 132 Å². The van der Waals surface area contributed by atoms with Crippen LogP contribution in [0.25, 0.3) is 10.2 Å². The van der Waals surface area contributed by atoms with Crippen molar-refractivity contribution >= 4 is 27.4 Å². The van der Waals surface area contributed by atoms with Crippen LogP contribution in [0.5, 0.6) is 5.88 Å². The standard InChI is InChI=1S/C15H16N4O2S/c1-20-5-6-21-13-3-2-11(8-16-13)9-17-14-12-4-7-22-15(12)19-10-18-14/h2-4,7-8,10H,5-6,9H2,1H3,(H,17,18,19). The van der Waals surface area contributed by atoms with Crippen LogP contribution in [-0.2, 0) is 11.3 Å². The largest absolute Gasteiger partial charge is 0.475 e. The molecule has 0 aliphatic rings. The van der Waals surface area contributed by atoms with Gasteiger partial charge in [0.1, 0.15) is 23.6 Å². The molecule has 0 spiro atoms. The molecule has 0 saturated carbocycles. The second-order valence-corrected chi connectivity index (χ2v) is 5.46. The summed E-state index contributed by atoms with van der Waals surface area (Å²) in [5, 5.41) is 6.37. The minimum Gasteiger partial charge on any atom is -0.475 e. The summed E-state index contributed by atoms with van der Waals surface area (Å²) >= 11 is 1.60. The minimum atomic E-state index is 0.498. The number of anilines is 1. The predicted molar refractivity (Wildman–Crippen MR) is 86.3 cm³/mol. The number of ether oxygens (including phenoxy) is 2. The highest BCUT2D eigenvalue weighted by molar-refractivity contribution is 7.16. The smallest absolute Gasteiger partial charge is 0.213 e. The van der Waals surface area contributed by atoms with Crippen LogP contribution in [0.15, 0.2) is 36.1 Å². The van der Waals surface area contributed by atoms with Crippen molar-refractivity contribution in [2.45, 2.75) is 6.54 Å². The van der Waals surface area contributed by atoms with Gasteiger partial charge in [0, 0.05) is 25.9 Å². The second kappa shape index (κ2) is 7.15. The van der Waals surface area contributed by atoms with E-state index in [0.717, 1.165) is 21.6 Å². The molecule has 0 saturated heterocycles. The van der Waals surface area contributed by atoms with Gasteiger partial charge in [0.25, 0.3) is 0 Å². The van der Waals surface area contributed by atoms with Crippen LogP contribution in [0.3, 0.4) is 0 Å². The number of nitrogens with zero attached hydrogens (tertiary/aromatic N) is 3. The quantitative estimate of drug-likeness (QED) is 0.676. The molecule has 0 aliphatic carbocycles. The Hall–Kier alpha value is -2.25. The van der Waals surface area contributed by atoms with Crippen LogP contribution < -0.4 is 10.1 Å². The first kappa shape index (κ1) is 14.7. The Balaban J connectivity index is 1.60. The number of thiophene rings is 1. The number of hydrogen-bond acceptors (Lipinski definition) is 7. The molecule has 0 unspecified atom stereocenters. The Morgan fingerprint density at radius 2 is 2.09 bits per heavy atom. The predicted octanol–water partition coefficient (Wildman–Crippen LogP) is 2.72. The van der Waals surface area contributed by atoms with E-state index >= 15 is 0 Å². The average molecular weight is 316 g/mol. The molecule has 3 rings (SSSR count). The van der Waals surface area contributed by atoms with Crippen LogP contribution in [0.4, 0.5) is 5.82 Å². The molecule has 3 aromatic rings. The van der Waals surface area contributed by atoms with E-state index in [-0.39, 0.29) is 0 Å². The molecule has 114 valence electrons. The summed E-state index contributed by atoms with van der Waals surface area (Å²) in [6, 6.07) is 5.86. The van der Waals surface area contributed by atoms with E-state index in [0.29, 0.717) is 25.6 Å². The van der Waals surface area contributed by atoms with Crippen molar-refractivity contribution in [3.05, 3.63) is 41.7 Å². The van der Waals surface area contributed by atoms with E-state index in [1.165, 1.54) is 0 Å². The molecule has 0 bridgehead atoms. The van der Waals surface area contributed by atoms with E-state index in [1.807, 2.05) is 23.6 Å². The molecule has 0 atom stereocenters. The van der Waals surface area contributed by atoms with Gasteiger partial charge in [-0.3, -0.25) is 0 Å². The fourth-order valence-corrected chi connectivity index (χ4v) is 2.68. The zero-order valence-corrected chi connectivity index (χ0v) is 13.0. The molecule has 0 fully saturated rings. The normalized spacial score (nSPS) is 10.8. The number of methoxy groups -OCH3 is 1. The monoisotopic (exact) mass is 316 g/mol. The summed E-state index contributed by atoms with van der Waals surface area (Å²) in [5.41, 5.74) is 1.06. The second-order valence-electron chi connectivity index (χ2n) is 4.56. The summed E-state index contributed by atoms with van der Waals surface area (Å²) in [4.78, 5) is 13.8. The summed E-state index contributed by atoms with van der Waals surface area (Å²) < 4.78 is 10.4. The van der Waals surface area contributed by atoms with Crippen molar-refractivity contribution in [3.8, 4) is 5.88 Å². The molecule has 6 nitrogen and oxygen atoms in total. The van der Waals surface area contributed by atoms with Gasteiger partial charge in [0.05, 0.1) is 12.0 Å². The first-order valence-corrected chi connectivity index (χ1v) is 7.73. The molecule has 0 aromatic carbocycles. The van der Waals surface area contributed by atoms with Crippen LogP contribution in [0.1, 0.15) is 5.56 Å². The van der Waals surface area contributed by atoms with Gasteiger partial charge in [0.15, 0.2) is 0 Å². The van der Waals surface area contributed by atoms with Crippen molar-refractivity contribution in [1.82, 2.24) is 15.0 Å². The molecule has 0 amide bonds. The lowest BCUT2D eigenvalue weighted by Crippen LogP contribution is -2.06. The topological polar surface area (TPSA) is 69.2 Å². The Bertz CT molecular complexity index is 730. The van der Waals surface area contributed by atoms with Gasteiger partial charge in [0.2, 0.25) is 5.88 Å². The van der Waals surface area contributed by atoms with Gasteiger partial charge in [-0.15, -0.1) is 11.3 Å². The van der Waals surface area contributed by atoms with Crippen molar-refractivity contribution in [2.24, 2.45) is 0 Å². The van der Waals surface area contributed by atoms with Crippen molar-refractivity contribution < 1.29 is 9.47 Å². The Morgan fingerprint density at radius 3 is 2.91 bits per heavy atom. The van der Waals surface area contributed by atoms with E-state index < -0.39 is 0 Å². The van der Waals surface area contributed by atoms with Crippen molar-refractivity contribution in [1.29, 1.82) is 0 Å². The highest BCUT2D eigenvalue weighted by atomic mass is 32.1. The van der Waals surface area contributed by atoms with Gasteiger partial charge < -0.3 is 14.8 Å². The summed E-state index contributed by atoms with van der Waals surface area (Å²) in [6.07, 6.45) is 3.37. The van der Waals surface area contributed by atoms with Crippen molar-refractivity contribution in [3.63, 3.8) is 0 Å². The molecule has 7 heteroatoms. The molecule has 0 aliphatic heterocycles. The highest BCUT2D eigenvalue weighted by Gasteiger charge is 2.04. The van der Waals surface area contributed by atoms with Crippen molar-refractivity contribution in [2.75, 3.05) is 25.6 Å². The maximum absolute atomic E-state index is 5.44. The average Bonchev–Trinajstić information content (AvgIpc) is 3.03. The Kier molecular flexibility index (Phi) is 4.77. The number of pyridine rings is 1. The fourth-order valence-electron chi connectivity index (χ4n) is 1.95. The molecule has 0 radical (unpaired) electrons. The van der Waals surface area contributed by atoms with Gasteiger partial charge in [-0.1, -0.05) is 6.07 Å². The zero-order valence-electron chi connectivity index (χ0n) is 12.2. The third-order valence-corrected chi connectivity index (χ3v) is 3.88. The molecule has 3 heterocycles. The van der Waals surface area contributed by atoms with E-state index in [9.17, 15) is 0 Å². The van der Waals surface area contributed by atoms with Crippen LogP contribution >= 0.6 is 11.3 Å². The SMILES string of the molecule is COCCOc1ccc(CNc2ncnc3sccc23)cn1. The number of hydrogen-bond donors (Lipinski definition) is 1. The van der Waals surface area contributed by atoms with Gasteiger partial charge >= 0.3 is 0 Å². The van der Waals surface area contributed by atoms with Gasteiger partial charge in [-0.25, -0.2) is 15.0 Å². The molecular weight excluding hydrogens is 300 g/mol. The maximum atomic E-state index is 5.44. The third kappa shape index (κ3) is 3.49. The first-order chi connectivity index (χ1) is 10.9. The molecular formula is C15H16N4O2S. The molecule has 1 N–H and O–H groups in total. The van der Waals surface area contributed by atoms with Crippen LogP contribution in [0.2, 0.25) is 0 Å². The molecule has 3 aromatic heterocycles. The lowest BCUT2D eigenvalue weighted by Gasteiger charge is -2.08. The number of aromatic nitrogens is 3. The summed E-state index contributed by atoms with van der Waals surface area (Å²) in [6.45, 7) is 1.70. The highest BCUT2D eigenvalue weighted by Crippen LogP contribution is 2.24. The maximum Gasteiger partial charge on any atom is 0.213 e. The zero-order chi connectivity index (χ0) is 15.2. The third-order valence-electron chi connectivity index (χ3n) is 3.06.